The number of halogens is 1. The van der Waals surface area contributed by atoms with E-state index in [0.29, 0.717) is 6.08 Å². The van der Waals surface area contributed by atoms with E-state index in [1.807, 2.05) is 0 Å². The third-order valence-corrected chi connectivity index (χ3v) is 0.475. The van der Waals surface area contributed by atoms with Crippen molar-refractivity contribution in [3.63, 3.8) is 0 Å². The van der Waals surface area contributed by atoms with Crippen molar-refractivity contribution in [3.8, 4) is 0 Å². The Morgan fingerprint density at radius 3 is 2.38 bits per heavy atom. The first-order valence-corrected chi connectivity index (χ1v) is 1.88. The van der Waals surface area contributed by atoms with E-state index >= 15 is 0 Å². The van der Waals surface area contributed by atoms with E-state index in [1.54, 1.807) is 0 Å². The van der Waals surface area contributed by atoms with Crippen LogP contribution in [0.15, 0.2) is 11.9 Å². The summed E-state index contributed by atoms with van der Waals surface area (Å²) in [6, 6.07) is 0. The van der Waals surface area contributed by atoms with E-state index < -0.39 is 18.4 Å². The molecule has 0 saturated carbocycles. The SMILES string of the molecule is O=C(O)C(F)=CCO. The topological polar surface area (TPSA) is 57.5 Å². The van der Waals surface area contributed by atoms with Crippen LogP contribution >= 0.6 is 0 Å². The lowest BCUT2D eigenvalue weighted by Gasteiger charge is -1.82. The highest BCUT2D eigenvalue weighted by Gasteiger charge is 2.01. The van der Waals surface area contributed by atoms with Crippen molar-refractivity contribution in [2.24, 2.45) is 0 Å². The van der Waals surface area contributed by atoms with E-state index in [9.17, 15) is 9.18 Å². The van der Waals surface area contributed by atoms with Gasteiger partial charge in [0, 0.05) is 0 Å². The van der Waals surface area contributed by atoms with E-state index in [0.717, 1.165) is 0 Å². The maximum Gasteiger partial charge on any atom is 0.364 e. The largest absolute Gasteiger partial charge is 0.476 e. The molecule has 0 aliphatic heterocycles. The van der Waals surface area contributed by atoms with E-state index in [1.165, 1.54) is 0 Å². The molecule has 0 aliphatic rings. The normalized spacial score (nSPS) is 11.5. The number of rotatable bonds is 2. The minimum Gasteiger partial charge on any atom is -0.476 e. The fourth-order valence-electron chi connectivity index (χ4n) is 0.167. The van der Waals surface area contributed by atoms with Crippen LogP contribution < -0.4 is 0 Å². The highest BCUT2D eigenvalue weighted by molar-refractivity contribution is 5.83. The van der Waals surface area contributed by atoms with Gasteiger partial charge in [0.1, 0.15) is 0 Å². The Bertz CT molecular complexity index is 118. The number of hydrogen-bond donors (Lipinski definition) is 2. The molecule has 0 aliphatic carbocycles. The van der Waals surface area contributed by atoms with Gasteiger partial charge in [-0.1, -0.05) is 0 Å². The van der Waals surface area contributed by atoms with Gasteiger partial charge >= 0.3 is 5.97 Å². The first-order chi connectivity index (χ1) is 3.68. The Morgan fingerprint density at radius 1 is 1.75 bits per heavy atom. The van der Waals surface area contributed by atoms with Gasteiger partial charge in [0.2, 0.25) is 5.83 Å². The molecule has 0 aromatic heterocycles. The van der Waals surface area contributed by atoms with E-state index in [-0.39, 0.29) is 0 Å². The molecule has 4 heteroatoms. The average molecular weight is 120 g/mol. The lowest BCUT2D eigenvalue weighted by molar-refractivity contribution is -0.134. The second-order valence-electron chi connectivity index (χ2n) is 1.04. The lowest BCUT2D eigenvalue weighted by atomic mass is 10.5. The van der Waals surface area contributed by atoms with Gasteiger partial charge < -0.3 is 10.2 Å². The van der Waals surface area contributed by atoms with Crippen LogP contribution in [-0.4, -0.2) is 22.8 Å². The molecule has 3 nitrogen and oxygen atoms in total. The van der Waals surface area contributed by atoms with E-state index in [4.69, 9.17) is 10.2 Å². The molecule has 46 valence electrons. The number of carbonyl (C=O) groups is 1. The van der Waals surface area contributed by atoms with Gasteiger partial charge in [-0.05, 0) is 6.08 Å². The summed E-state index contributed by atoms with van der Waals surface area (Å²) in [4.78, 5) is 9.53. The van der Waals surface area contributed by atoms with Crippen molar-refractivity contribution in [3.05, 3.63) is 11.9 Å². The molecular formula is C4H5FO3. The summed E-state index contributed by atoms with van der Waals surface area (Å²) in [6.07, 6.45) is 0.572. The van der Waals surface area contributed by atoms with Crippen LogP contribution in [0.2, 0.25) is 0 Å². The van der Waals surface area contributed by atoms with Crippen molar-refractivity contribution < 1.29 is 19.4 Å². The number of hydrogen-bond acceptors (Lipinski definition) is 2. The van der Waals surface area contributed by atoms with Gasteiger partial charge in [-0.25, -0.2) is 4.79 Å². The van der Waals surface area contributed by atoms with Crippen LogP contribution in [0.4, 0.5) is 4.39 Å². The van der Waals surface area contributed by atoms with Crippen LogP contribution in [0, 0.1) is 0 Å². The van der Waals surface area contributed by atoms with E-state index in [2.05, 4.69) is 0 Å². The Morgan fingerprint density at radius 2 is 2.25 bits per heavy atom. The maximum absolute atomic E-state index is 11.6. The zero-order valence-electron chi connectivity index (χ0n) is 3.97. The molecule has 0 aromatic carbocycles. The molecule has 0 heterocycles. The van der Waals surface area contributed by atoms with Crippen molar-refractivity contribution in [1.82, 2.24) is 0 Å². The maximum atomic E-state index is 11.6. The summed E-state index contributed by atoms with van der Waals surface area (Å²) in [6.45, 7) is -0.585. The fraction of sp³-hybridized carbons (Fsp3) is 0.250. The Hall–Kier alpha value is -0.900. The molecule has 0 radical (unpaired) electrons. The molecule has 0 amide bonds. The first-order valence-electron chi connectivity index (χ1n) is 1.88. The summed E-state index contributed by atoms with van der Waals surface area (Å²) in [5.74, 6) is -2.98. The van der Waals surface area contributed by atoms with Crippen LogP contribution in [-0.2, 0) is 4.79 Å². The summed E-state index contributed by atoms with van der Waals surface area (Å²) < 4.78 is 11.6. The molecule has 8 heavy (non-hydrogen) atoms. The fourth-order valence-corrected chi connectivity index (χ4v) is 0.167. The van der Waals surface area contributed by atoms with Gasteiger partial charge in [-0.3, -0.25) is 0 Å². The molecule has 0 atom stereocenters. The molecule has 0 rings (SSSR count). The minimum absolute atomic E-state index is 0.572. The number of carboxylic acid groups (broad SMARTS) is 1. The van der Waals surface area contributed by atoms with Gasteiger partial charge in [-0.15, -0.1) is 0 Å². The third-order valence-electron chi connectivity index (χ3n) is 0.475. The number of aliphatic carboxylic acids is 1. The van der Waals surface area contributed by atoms with Crippen molar-refractivity contribution in [2.75, 3.05) is 6.61 Å². The van der Waals surface area contributed by atoms with Crippen molar-refractivity contribution in [2.45, 2.75) is 0 Å². The lowest BCUT2D eigenvalue weighted by Crippen LogP contribution is -1.95. The number of aliphatic hydroxyl groups is 1. The smallest absolute Gasteiger partial charge is 0.364 e. The zero-order chi connectivity index (χ0) is 6.57. The summed E-state index contributed by atoms with van der Waals surface area (Å²) >= 11 is 0. The molecule has 0 spiro atoms. The van der Waals surface area contributed by atoms with Crippen LogP contribution in [0.5, 0.6) is 0 Å². The predicted molar refractivity (Wildman–Crippen MR) is 23.9 cm³/mol. The molecule has 0 unspecified atom stereocenters. The third kappa shape index (κ3) is 2.30. The minimum atomic E-state index is -1.65. The highest BCUT2D eigenvalue weighted by Crippen LogP contribution is 1.92. The summed E-state index contributed by atoms with van der Waals surface area (Å²) in [7, 11) is 0. The molecular weight excluding hydrogens is 115 g/mol. The van der Waals surface area contributed by atoms with Gasteiger partial charge in [0.25, 0.3) is 0 Å². The van der Waals surface area contributed by atoms with Crippen LogP contribution in [0.25, 0.3) is 0 Å². The van der Waals surface area contributed by atoms with Gasteiger partial charge in [0.05, 0.1) is 6.61 Å². The first kappa shape index (κ1) is 7.10. The van der Waals surface area contributed by atoms with Crippen LogP contribution in [0.3, 0.4) is 0 Å². The second-order valence-corrected chi connectivity index (χ2v) is 1.04. The van der Waals surface area contributed by atoms with Crippen molar-refractivity contribution in [1.29, 1.82) is 0 Å². The Kier molecular flexibility index (Phi) is 2.79. The predicted octanol–water partition coefficient (Wildman–Crippen LogP) is -0.0833. The van der Waals surface area contributed by atoms with Crippen molar-refractivity contribution >= 4 is 5.97 Å². The molecule has 0 bridgehead atoms. The van der Waals surface area contributed by atoms with Gasteiger partial charge in [0.15, 0.2) is 0 Å². The molecule has 0 aromatic rings. The molecule has 2 N–H and O–H groups in total. The quantitative estimate of drug-likeness (QED) is 0.501. The summed E-state index contributed by atoms with van der Waals surface area (Å²) in [5.41, 5.74) is 0. The number of carboxylic acids is 1. The zero-order valence-corrected chi connectivity index (χ0v) is 3.97. The van der Waals surface area contributed by atoms with Crippen LogP contribution in [0.1, 0.15) is 0 Å². The monoisotopic (exact) mass is 120 g/mol. The second kappa shape index (κ2) is 3.15. The average Bonchev–Trinajstić information content (AvgIpc) is 1.67. The number of aliphatic hydroxyl groups excluding tert-OH is 1. The van der Waals surface area contributed by atoms with Gasteiger partial charge in [-0.2, -0.15) is 4.39 Å². The molecule has 0 fully saturated rings. The Balaban J connectivity index is 3.80. The molecule has 0 saturated heterocycles. The Labute approximate surface area is 45.1 Å². The summed E-state index contributed by atoms with van der Waals surface area (Å²) in [5, 5.41) is 15.7. The standard InChI is InChI=1S/C4H5FO3/c5-3(1-2-6)4(7)8/h1,6H,2H2,(H,7,8). The highest BCUT2D eigenvalue weighted by atomic mass is 19.1.